The molecular formula is C10H21FO. The third-order valence-electron chi connectivity index (χ3n) is 2.77. The van der Waals surface area contributed by atoms with Crippen molar-refractivity contribution in [3.63, 3.8) is 0 Å². The molecule has 0 spiro atoms. The topological polar surface area (TPSA) is 9.23 Å². The summed E-state index contributed by atoms with van der Waals surface area (Å²) in [6.45, 7) is 6.59. The number of hydrogen-bond donors (Lipinski definition) is 0. The van der Waals surface area contributed by atoms with Crippen LogP contribution in [0.5, 0.6) is 0 Å². The van der Waals surface area contributed by atoms with Gasteiger partial charge in [0.15, 0.2) is 0 Å². The first kappa shape index (κ1) is 11.9. The monoisotopic (exact) mass is 176 g/mol. The fourth-order valence-corrected chi connectivity index (χ4v) is 1.31. The summed E-state index contributed by atoms with van der Waals surface area (Å²) in [6, 6.07) is 0. The standard InChI is InChI=1S/C10H21FO/c1-5-10(3,6-2)7-9(11)8-12-4/h9H,5-8H2,1-4H3. The van der Waals surface area contributed by atoms with E-state index < -0.39 is 6.17 Å². The fourth-order valence-electron chi connectivity index (χ4n) is 1.31. The molecule has 0 N–H and O–H groups in total. The number of rotatable bonds is 6. The Hall–Kier alpha value is -0.110. The predicted molar refractivity (Wildman–Crippen MR) is 50.1 cm³/mol. The Morgan fingerprint density at radius 2 is 1.83 bits per heavy atom. The van der Waals surface area contributed by atoms with Crippen LogP contribution in [0.4, 0.5) is 4.39 Å². The summed E-state index contributed by atoms with van der Waals surface area (Å²) in [5.74, 6) is 0. The van der Waals surface area contributed by atoms with E-state index in [0.717, 1.165) is 12.8 Å². The molecule has 0 rings (SSSR count). The van der Waals surface area contributed by atoms with Gasteiger partial charge in [-0.1, -0.05) is 33.6 Å². The molecule has 1 atom stereocenters. The van der Waals surface area contributed by atoms with Gasteiger partial charge in [-0.05, 0) is 11.8 Å². The molecule has 0 amide bonds. The van der Waals surface area contributed by atoms with E-state index in [1.54, 1.807) is 7.11 Å². The van der Waals surface area contributed by atoms with Crippen molar-refractivity contribution in [1.29, 1.82) is 0 Å². The van der Waals surface area contributed by atoms with Gasteiger partial charge in [0.2, 0.25) is 0 Å². The van der Waals surface area contributed by atoms with Crippen molar-refractivity contribution in [1.82, 2.24) is 0 Å². The summed E-state index contributed by atoms with van der Waals surface area (Å²) in [4.78, 5) is 0. The Bertz CT molecular complexity index is 110. The lowest BCUT2D eigenvalue weighted by molar-refractivity contribution is 0.0848. The normalized spacial score (nSPS) is 14.8. The highest BCUT2D eigenvalue weighted by atomic mass is 19.1. The highest BCUT2D eigenvalue weighted by Gasteiger charge is 2.24. The van der Waals surface area contributed by atoms with E-state index in [9.17, 15) is 4.39 Å². The van der Waals surface area contributed by atoms with Crippen molar-refractivity contribution in [2.75, 3.05) is 13.7 Å². The first-order chi connectivity index (χ1) is 5.58. The van der Waals surface area contributed by atoms with E-state index in [0.29, 0.717) is 6.42 Å². The van der Waals surface area contributed by atoms with Crippen LogP contribution in [0.3, 0.4) is 0 Å². The van der Waals surface area contributed by atoms with Crippen LogP contribution >= 0.6 is 0 Å². The number of alkyl halides is 1. The molecule has 0 aliphatic heterocycles. The van der Waals surface area contributed by atoms with Crippen LogP contribution in [0.2, 0.25) is 0 Å². The molecule has 0 aliphatic carbocycles. The molecule has 0 aromatic rings. The van der Waals surface area contributed by atoms with Gasteiger partial charge in [-0.3, -0.25) is 0 Å². The highest BCUT2D eigenvalue weighted by Crippen LogP contribution is 2.31. The van der Waals surface area contributed by atoms with E-state index in [1.165, 1.54) is 0 Å². The molecule has 1 unspecified atom stereocenters. The van der Waals surface area contributed by atoms with Gasteiger partial charge >= 0.3 is 0 Å². The van der Waals surface area contributed by atoms with Crippen molar-refractivity contribution in [2.45, 2.75) is 46.2 Å². The van der Waals surface area contributed by atoms with E-state index in [2.05, 4.69) is 20.8 Å². The summed E-state index contributed by atoms with van der Waals surface area (Å²) in [7, 11) is 1.54. The third-order valence-corrected chi connectivity index (χ3v) is 2.77. The fraction of sp³-hybridized carbons (Fsp3) is 1.00. The molecule has 0 aromatic carbocycles. The third kappa shape index (κ3) is 4.05. The van der Waals surface area contributed by atoms with Crippen LogP contribution in [0.1, 0.15) is 40.0 Å². The number of halogens is 1. The molecule has 2 heteroatoms. The lowest BCUT2D eigenvalue weighted by Crippen LogP contribution is -2.22. The summed E-state index contributed by atoms with van der Waals surface area (Å²) >= 11 is 0. The summed E-state index contributed by atoms with van der Waals surface area (Å²) in [5, 5.41) is 0. The molecule has 0 heterocycles. The van der Waals surface area contributed by atoms with Gasteiger partial charge in [0.1, 0.15) is 6.17 Å². The van der Waals surface area contributed by atoms with Gasteiger partial charge in [-0.15, -0.1) is 0 Å². The maximum atomic E-state index is 13.1. The van der Waals surface area contributed by atoms with Crippen LogP contribution in [-0.2, 0) is 4.74 Å². The lowest BCUT2D eigenvalue weighted by atomic mass is 9.80. The van der Waals surface area contributed by atoms with Crippen molar-refractivity contribution >= 4 is 0 Å². The quantitative estimate of drug-likeness (QED) is 0.604. The molecule has 12 heavy (non-hydrogen) atoms. The zero-order valence-corrected chi connectivity index (χ0v) is 8.69. The second-order valence-corrected chi connectivity index (χ2v) is 3.77. The number of hydrogen-bond acceptors (Lipinski definition) is 1. The maximum absolute atomic E-state index is 13.1. The molecule has 0 saturated carbocycles. The number of ether oxygens (including phenoxy) is 1. The largest absolute Gasteiger partial charge is 0.382 e. The lowest BCUT2D eigenvalue weighted by Gasteiger charge is -2.27. The smallest absolute Gasteiger partial charge is 0.124 e. The van der Waals surface area contributed by atoms with E-state index in [-0.39, 0.29) is 12.0 Å². The molecule has 1 nitrogen and oxygen atoms in total. The van der Waals surface area contributed by atoms with Gasteiger partial charge in [0.05, 0.1) is 6.61 Å². The summed E-state index contributed by atoms with van der Waals surface area (Å²) in [6.07, 6.45) is 1.88. The van der Waals surface area contributed by atoms with Crippen molar-refractivity contribution < 1.29 is 9.13 Å². The second kappa shape index (κ2) is 5.52. The van der Waals surface area contributed by atoms with Crippen molar-refractivity contribution in [2.24, 2.45) is 5.41 Å². The summed E-state index contributed by atoms with van der Waals surface area (Å²) < 4.78 is 17.9. The van der Waals surface area contributed by atoms with Gasteiger partial charge in [-0.2, -0.15) is 0 Å². The Morgan fingerprint density at radius 3 is 2.17 bits per heavy atom. The van der Waals surface area contributed by atoms with Crippen LogP contribution < -0.4 is 0 Å². The maximum Gasteiger partial charge on any atom is 0.124 e. The van der Waals surface area contributed by atoms with Gasteiger partial charge < -0.3 is 4.74 Å². The van der Waals surface area contributed by atoms with Crippen LogP contribution in [0, 0.1) is 5.41 Å². The van der Waals surface area contributed by atoms with Crippen molar-refractivity contribution in [3.05, 3.63) is 0 Å². The Balaban J connectivity index is 3.84. The van der Waals surface area contributed by atoms with Gasteiger partial charge in [0, 0.05) is 7.11 Å². The summed E-state index contributed by atoms with van der Waals surface area (Å²) in [5.41, 5.74) is 0.151. The molecule has 0 aliphatic rings. The van der Waals surface area contributed by atoms with Crippen molar-refractivity contribution in [3.8, 4) is 0 Å². The average molecular weight is 176 g/mol. The minimum Gasteiger partial charge on any atom is -0.382 e. The van der Waals surface area contributed by atoms with Crippen LogP contribution in [-0.4, -0.2) is 19.9 Å². The molecule has 0 aromatic heterocycles. The minimum absolute atomic E-state index is 0.151. The first-order valence-corrected chi connectivity index (χ1v) is 4.71. The SMILES string of the molecule is CCC(C)(CC)CC(F)COC. The molecule has 0 bridgehead atoms. The average Bonchev–Trinajstić information content (AvgIpc) is 2.05. The van der Waals surface area contributed by atoms with Gasteiger partial charge in [-0.25, -0.2) is 4.39 Å². The van der Waals surface area contributed by atoms with E-state index >= 15 is 0 Å². The van der Waals surface area contributed by atoms with Gasteiger partial charge in [0.25, 0.3) is 0 Å². The zero-order valence-electron chi connectivity index (χ0n) is 8.69. The molecule has 0 saturated heterocycles. The zero-order chi connectivity index (χ0) is 9.61. The number of methoxy groups -OCH3 is 1. The van der Waals surface area contributed by atoms with Crippen LogP contribution in [0.25, 0.3) is 0 Å². The second-order valence-electron chi connectivity index (χ2n) is 3.77. The predicted octanol–water partition coefficient (Wildman–Crippen LogP) is 3.19. The minimum atomic E-state index is -0.806. The molecule has 0 fully saturated rings. The Morgan fingerprint density at radius 1 is 1.33 bits per heavy atom. The Labute approximate surface area is 75.3 Å². The van der Waals surface area contributed by atoms with Crippen LogP contribution in [0.15, 0.2) is 0 Å². The highest BCUT2D eigenvalue weighted by molar-refractivity contribution is 4.74. The molecule has 0 radical (unpaired) electrons. The Kier molecular flexibility index (Phi) is 5.47. The molecular weight excluding hydrogens is 155 g/mol. The van der Waals surface area contributed by atoms with E-state index in [1.807, 2.05) is 0 Å². The first-order valence-electron chi connectivity index (χ1n) is 4.71. The molecule has 74 valence electrons. The van der Waals surface area contributed by atoms with E-state index in [4.69, 9.17) is 4.74 Å².